The van der Waals surface area contributed by atoms with Crippen molar-refractivity contribution in [3.8, 4) is 0 Å². The Kier molecular flexibility index (Phi) is 4.54. The molecule has 0 saturated carbocycles. The fourth-order valence-electron chi connectivity index (χ4n) is 1.76. The second-order valence-electron chi connectivity index (χ2n) is 4.32. The molecule has 0 radical (unpaired) electrons. The Bertz CT molecular complexity index is 431. The zero-order valence-corrected chi connectivity index (χ0v) is 11.4. The minimum Gasteiger partial charge on any atom is -0.311 e. The molecule has 0 aliphatic heterocycles. The molecule has 2 rings (SSSR count). The molecule has 0 bridgehead atoms. The Labute approximate surface area is 107 Å². The molecular formula is C14H20N2S. The van der Waals surface area contributed by atoms with E-state index in [-0.39, 0.29) is 0 Å². The summed E-state index contributed by atoms with van der Waals surface area (Å²) in [4.78, 5) is 3.74. The maximum Gasteiger partial charge on any atom is 0.0346 e. The van der Waals surface area contributed by atoms with Crippen LogP contribution in [-0.4, -0.2) is 31.6 Å². The summed E-state index contributed by atoms with van der Waals surface area (Å²) in [6.45, 7) is 6.45. The third-order valence-electron chi connectivity index (χ3n) is 2.99. The average Bonchev–Trinajstić information content (AvgIpc) is 2.76. The van der Waals surface area contributed by atoms with Crippen LogP contribution in [0.4, 0.5) is 0 Å². The first-order valence-corrected chi connectivity index (χ1v) is 6.98. The number of fused-ring (bicyclic) bond motifs is 1. The molecule has 0 aliphatic carbocycles. The number of thiophene rings is 1. The van der Waals surface area contributed by atoms with Crippen molar-refractivity contribution in [2.24, 2.45) is 0 Å². The summed E-state index contributed by atoms with van der Waals surface area (Å²) in [6, 6.07) is 10.9. The van der Waals surface area contributed by atoms with Crippen molar-refractivity contribution in [1.82, 2.24) is 10.2 Å². The van der Waals surface area contributed by atoms with E-state index < -0.39 is 0 Å². The van der Waals surface area contributed by atoms with Crippen LogP contribution in [0.15, 0.2) is 30.3 Å². The lowest BCUT2D eigenvalue weighted by Gasteiger charge is -2.13. The third-order valence-corrected chi connectivity index (χ3v) is 4.10. The molecule has 1 heterocycles. The van der Waals surface area contributed by atoms with Crippen LogP contribution in [0.2, 0.25) is 0 Å². The fourth-order valence-corrected chi connectivity index (χ4v) is 2.80. The number of likely N-dealkylation sites (N-methyl/N-ethyl adjacent to an activating group) is 1. The smallest absolute Gasteiger partial charge is 0.0346 e. The number of hydrogen-bond acceptors (Lipinski definition) is 3. The molecule has 0 saturated heterocycles. The van der Waals surface area contributed by atoms with Gasteiger partial charge < -0.3 is 10.2 Å². The van der Waals surface area contributed by atoms with Crippen LogP contribution in [0.25, 0.3) is 10.1 Å². The van der Waals surface area contributed by atoms with Crippen molar-refractivity contribution < 1.29 is 0 Å². The summed E-state index contributed by atoms with van der Waals surface area (Å²) in [5.41, 5.74) is 0. The van der Waals surface area contributed by atoms with Gasteiger partial charge in [-0.15, -0.1) is 11.3 Å². The van der Waals surface area contributed by atoms with Gasteiger partial charge in [0, 0.05) is 29.2 Å². The molecule has 3 heteroatoms. The van der Waals surface area contributed by atoms with Crippen LogP contribution < -0.4 is 5.32 Å². The predicted molar refractivity (Wildman–Crippen MR) is 76.7 cm³/mol. The molecule has 17 heavy (non-hydrogen) atoms. The zero-order chi connectivity index (χ0) is 12.1. The van der Waals surface area contributed by atoms with E-state index in [4.69, 9.17) is 0 Å². The monoisotopic (exact) mass is 248 g/mol. The lowest BCUT2D eigenvalue weighted by molar-refractivity contribution is 0.349. The lowest BCUT2D eigenvalue weighted by Crippen LogP contribution is -2.28. The molecule has 0 atom stereocenters. The van der Waals surface area contributed by atoms with Gasteiger partial charge in [0.1, 0.15) is 0 Å². The van der Waals surface area contributed by atoms with Crippen LogP contribution in [-0.2, 0) is 6.54 Å². The zero-order valence-electron chi connectivity index (χ0n) is 10.6. The molecule has 1 aromatic carbocycles. The fraction of sp³-hybridized carbons (Fsp3) is 0.429. The van der Waals surface area contributed by atoms with Crippen molar-refractivity contribution in [2.75, 3.05) is 26.7 Å². The van der Waals surface area contributed by atoms with E-state index in [2.05, 4.69) is 54.5 Å². The van der Waals surface area contributed by atoms with Crippen LogP contribution in [0.1, 0.15) is 11.8 Å². The minimum absolute atomic E-state index is 0.983. The van der Waals surface area contributed by atoms with Crippen molar-refractivity contribution in [1.29, 1.82) is 0 Å². The Morgan fingerprint density at radius 2 is 2.12 bits per heavy atom. The van der Waals surface area contributed by atoms with Crippen LogP contribution >= 0.6 is 11.3 Å². The van der Waals surface area contributed by atoms with Gasteiger partial charge in [0.15, 0.2) is 0 Å². The number of hydrogen-bond donors (Lipinski definition) is 1. The molecule has 2 aromatic rings. The van der Waals surface area contributed by atoms with E-state index in [1.165, 1.54) is 15.0 Å². The number of rotatable bonds is 6. The molecular weight excluding hydrogens is 228 g/mol. The van der Waals surface area contributed by atoms with Gasteiger partial charge in [-0.2, -0.15) is 0 Å². The summed E-state index contributed by atoms with van der Waals surface area (Å²) in [6.07, 6.45) is 0. The molecule has 1 N–H and O–H groups in total. The summed E-state index contributed by atoms with van der Waals surface area (Å²) in [7, 11) is 2.15. The van der Waals surface area contributed by atoms with E-state index in [1.807, 2.05) is 11.3 Å². The number of nitrogens with one attached hydrogen (secondary N) is 1. The lowest BCUT2D eigenvalue weighted by atomic mass is 10.2. The Hall–Kier alpha value is -0.900. The SMILES string of the molecule is CCN(C)CCNCc1cc2ccccc2s1. The molecule has 0 aliphatic rings. The standard InChI is InChI=1S/C14H20N2S/c1-3-16(2)9-8-15-11-13-10-12-6-4-5-7-14(12)17-13/h4-7,10,15H,3,8-9,11H2,1-2H3. The second-order valence-corrected chi connectivity index (χ2v) is 5.49. The molecule has 0 fully saturated rings. The van der Waals surface area contributed by atoms with E-state index in [9.17, 15) is 0 Å². The van der Waals surface area contributed by atoms with Crippen LogP contribution in [0.5, 0.6) is 0 Å². The van der Waals surface area contributed by atoms with E-state index in [0.29, 0.717) is 0 Å². The molecule has 92 valence electrons. The normalized spacial score (nSPS) is 11.5. The molecule has 1 aromatic heterocycles. The van der Waals surface area contributed by atoms with Crippen molar-refractivity contribution >= 4 is 21.4 Å². The van der Waals surface area contributed by atoms with Gasteiger partial charge in [-0.1, -0.05) is 25.1 Å². The summed E-state index contributed by atoms with van der Waals surface area (Å²) in [5.74, 6) is 0. The van der Waals surface area contributed by atoms with Crippen molar-refractivity contribution in [3.05, 3.63) is 35.2 Å². The van der Waals surface area contributed by atoms with E-state index in [1.54, 1.807) is 0 Å². The van der Waals surface area contributed by atoms with Gasteiger partial charge in [-0.3, -0.25) is 0 Å². The van der Waals surface area contributed by atoms with Crippen molar-refractivity contribution in [3.63, 3.8) is 0 Å². The minimum atomic E-state index is 0.983. The van der Waals surface area contributed by atoms with Gasteiger partial charge in [-0.05, 0) is 31.1 Å². The van der Waals surface area contributed by atoms with Crippen LogP contribution in [0.3, 0.4) is 0 Å². The van der Waals surface area contributed by atoms with Gasteiger partial charge in [0.2, 0.25) is 0 Å². The maximum absolute atomic E-state index is 3.50. The topological polar surface area (TPSA) is 15.3 Å². The Balaban J connectivity index is 1.83. The highest BCUT2D eigenvalue weighted by Crippen LogP contribution is 2.24. The second kappa shape index (κ2) is 6.15. The first-order valence-electron chi connectivity index (χ1n) is 6.16. The van der Waals surface area contributed by atoms with Gasteiger partial charge >= 0.3 is 0 Å². The molecule has 0 spiro atoms. The maximum atomic E-state index is 3.50. The number of nitrogens with zero attached hydrogens (tertiary/aromatic N) is 1. The first kappa shape index (κ1) is 12.6. The molecule has 0 amide bonds. The van der Waals surface area contributed by atoms with E-state index >= 15 is 0 Å². The largest absolute Gasteiger partial charge is 0.311 e. The Morgan fingerprint density at radius 3 is 2.88 bits per heavy atom. The predicted octanol–water partition coefficient (Wildman–Crippen LogP) is 2.94. The summed E-state index contributed by atoms with van der Waals surface area (Å²) >= 11 is 1.89. The average molecular weight is 248 g/mol. The van der Waals surface area contributed by atoms with Crippen LogP contribution in [0, 0.1) is 0 Å². The highest BCUT2D eigenvalue weighted by atomic mass is 32.1. The van der Waals surface area contributed by atoms with Gasteiger partial charge in [0.05, 0.1) is 0 Å². The van der Waals surface area contributed by atoms with Gasteiger partial charge in [0.25, 0.3) is 0 Å². The first-order chi connectivity index (χ1) is 8.29. The third kappa shape index (κ3) is 3.53. The Morgan fingerprint density at radius 1 is 1.29 bits per heavy atom. The molecule has 0 unspecified atom stereocenters. The highest BCUT2D eigenvalue weighted by molar-refractivity contribution is 7.19. The van der Waals surface area contributed by atoms with Gasteiger partial charge in [-0.25, -0.2) is 0 Å². The summed E-state index contributed by atoms with van der Waals surface area (Å²) in [5, 5.41) is 4.86. The summed E-state index contributed by atoms with van der Waals surface area (Å²) < 4.78 is 1.38. The van der Waals surface area contributed by atoms with E-state index in [0.717, 1.165) is 26.2 Å². The van der Waals surface area contributed by atoms with Crippen molar-refractivity contribution in [2.45, 2.75) is 13.5 Å². The number of benzene rings is 1. The molecule has 2 nitrogen and oxygen atoms in total. The quantitative estimate of drug-likeness (QED) is 0.791. The highest BCUT2D eigenvalue weighted by Gasteiger charge is 2.00.